The molecule has 0 spiro atoms. The monoisotopic (exact) mass is 552 g/mol. The average Bonchev–Trinajstić information content (AvgIpc) is 2.78. The maximum absolute atomic E-state index is 12.1. The van der Waals surface area contributed by atoms with E-state index < -0.39 is 0 Å². The lowest BCUT2D eigenvalue weighted by Crippen LogP contribution is -2.49. The lowest BCUT2D eigenvalue weighted by atomic mass is 10.1. The van der Waals surface area contributed by atoms with Crippen molar-refractivity contribution in [1.29, 1.82) is 0 Å². The predicted molar refractivity (Wildman–Crippen MR) is 139 cm³/mol. The number of nitrogens with one attached hydrogen (secondary N) is 3. The molecule has 1 amide bonds. The number of carbonyl (C=O) groups excluding carboxylic acids is 1. The van der Waals surface area contributed by atoms with Crippen LogP contribution in [0.3, 0.4) is 0 Å². The van der Waals surface area contributed by atoms with Crippen LogP contribution in [0.4, 0.5) is 5.82 Å². The Morgan fingerprint density at radius 1 is 1.16 bits per heavy atom. The van der Waals surface area contributed by atoms with E-state index in [1.54, 1.807) is 12.1 Å². The number of hydrogen-bond donors (Lipinski definition) is 4. The Balaban J connectivity index is 0.00000363. The summed E-state index contributed by atoms with van der Waals surface area (Å²) in [7, 11) is 0. The number of nitrogens with zero attached hydrogens (tertiary/aromatic N) is 3. The summed E-state index contributed by atoms with van der Waals surface area (Å²) in [4.78, 5) is 23.6. The van der Waals surface area contributed by atoms with Crippen molar-refractivity contribution in [2.24, 2.45) is 4.99 Å². The van der Waals surface area contributed by atoms with Gasteiger partial charge >= 0.3 is 0 Å². The molecule has 1 aliphatic heterocycles. The van der Waals surface area contributed by atoms with E-state index in [1.165, 1.54) is 17.7 Å². The third-order valence-corrected chi connectivity index (χ3v) is 5.20. The Morgan fingerprint density at radius 3 is 2.50 bits per heavy atom. The second-order valence-electron chi connectivity index (χ2n) is 7.66. The average molecular weight is 552 g/mol. The minimum atomic E-state index is -0.176. The first kappa shape index (κ1) is 25.7. The fourth-order valence-corrected chi connectivity index (χ4v) is 3.47. The molecule has 1 aromatic heterocycles. The molecular formula is C23H33IN6O2. The van der Waals surface area contributed by atoms with Gasteiger partial charge in [0, 0.05) is 44.0 Å². The number of aromatic hydroxyl groups is 1. The number of aliphatic imine (C=N–C) groups is 1. The zero-order valence-corrected chi connectivity index (χ0v) is 21.0. The zero-order valence-electron chi connectivity index (χ0n) is 18.7. The van der Waals surface area contributed by atoms with Gasteiger partial charge in [0.25, 0.3) is 5.91 Å². The van der Waals surface area contributed by atoms with Gasteiger partial charge in [-0.15, -0.1) is 24.0 Å². The number of rotatable bonds is 7. The van der Waals surface area contributed by atoms with Crippen LogP contribution in [0.25, 0.3) is 0 Å². The van der Waals surface area contributed by atoms with Crippen LogP contribution >= 0.6 is 24.0 Å². The van der Waals surface area contributed by atoms with Crippen molar-refractivity contribution >= 4 is 41.7 Å². The van der Waals surface area contributed by atoms with Crippen LogP contribution in [0.2, 0.25) is 0 Å². The summed E-state index contributed by atoms with van der Waals surface area (Å²) in [6, 6.07) is 10.7. The van der Waals surface area contributed by atoms with Crippen molar-refractivity contribution in [2.75, 3.05) is 37.6 Å². The fourth-order valence-electron chi connectivity index (χ4n) is 3.47. The summed E-state index contributed by atoms with van der Waals surface area (Å²) < 4.78 is 0. The highest BCUT2D eigenvalue weighted by molar-refractivity contribution is 14.0. The summed E-state index contributed by atoms with van der Waals surface area (Å²) in [5.41, 5.74) is 1.69. The smallest absolute Gasteiger partial charge is 0.251 e. The highest BCUT2D eigenvalue weighted by atomic mass is 127. The molecule has 32 heavy (non-hydrogen) atoms. The molecular weight excluding hydrogens is 519 g/mol. The first-order valence-corrected chi connectivity index (χ1v) is 10.8. The van der Waals surface area contributed by atoms with Crippen LogP contribution < -0.4 is 20.9 Å². The highest BCUT2D eigenvalue weighted by Gasteiger charge is 2.20. The number of amides is 1. The van der Waals surface area contributed by atoms with E-state index in [0.717, 1.165) is 44.3 Å². The molecule has 0 radical (unpaired) electrons. The summed E-state index contributed by atoms with van der Waals surface area (Å²) in [6.07, 6.45) is 3.94. The first-order chi connectivity index (χ1) is 15.0. The molecule has 0 saturated carbocycles. The topological polar surface area (TPSA) is 102 Å². The maximum Gasteiger partial charge on any atom is 0.251 e. The van der Waals surface area contributed by atoms with Gasteiger partial charge in [-0.25, -0.2) is 4.98 Å². The van der Waals surface area contributed by atoms with Gasteiger partial charge in [-0.2, -0.15) is 0 Å². The molecule has 0 aliphatic carbocycles. The molecule has 0 unspecified atom stereocenters. The molecule has 2 aromatic rings. The summed E-state index contributed by atoms with van der Waals surface area (Å²) in [5, 5.41) is 19.0. The second kappa shape index (κ2) is 13.1. The summed E-state index contributed by atoms with van der Waals surface area (Å²) in [6.45, 7) is 7.69. The van der Waals surface area contributed by atoms with Gasteiger partial charge in [-0.05, 0) is 62.6 Å². The van der Waals surface area contributed by atoms with Gasteiger partial charge in [0.05, 0.1) is 6.54 Å². The maximum atomic E-state index is 12.1. The first-order valence-electron chi connectivity index (χ1n) is 10.8. The van der Waals surface area contributed by atoms with Crippen molar-refractivity contribution in [2.45, 2.75) is 32.7 Å². The Bertz CT molecular complexity index is 865. The molecule has 2 heterocycles. The Hall–Kier alpha value is -2.56. The molecule has 3 rings (SSSR count). The Kier molecular flexibility index (Phi) is 10.5. The van der Waals surface area contributed by atoms with Gasteiger partial charge in [-0.3, -0.25) is 9.79 Å². The minimum Gasteiger partial charge on any atom is -0.508 e. The number of pyridine rings is 1. The van der Waals surface area contributed by atoms with Crippen LogP contribution in [0.1, 0.15) is 35.7 Å². The lowest BCUT2D eigenvalue weighted by molar-refractivity contribution is 0.0955. The number of phenols is 1. The van der Waals surface area contributed by atoms with Crippen molar-refractivity contribution in [3.05, 3.63) is 53.7 Å². The third-order valence-electron chi connectivity index (χ3n) is 5.20. The van der Waals surface area contributed by atoms with Crippen LogP contribution in [-0.2, 0) is 0 Å². The molecule has 0 bridgehead atoms. The number of halogens is 1. The number of anilines is 1. The summed E-state index contributed by atoms with van der Waals surface area (Å²) >= 11 is 0. The van der Waals surface area contributed by atoms with Gasteiger partial charge in [0.2, 0.25) is 0 Å². The number of hydrogen-bond acceptors (Lipinski definition) is 5. The van der Waals surface area contributed by atoms with E-state index in [-0.39, 0.29) is 35.6 Å². The van der Waals surface area contributed by atoms with Gasteiger partial charge in [-0.1, -0.05) is 6.07 Å². The fraction of sp³-hybridized carbons (Fsp3) is 0.435. The van der Waals surface area contributed by atoms with Gasteiger partial charge < -0.3 is 26.0 Å². The van der Waals surface area contributed by atoms with Gasteiger partial charge in [0.15, 0.2) is 5.96 Å². The Labute approximate surface area is 206 Å². The zero-order chi connectivity index (χ0) is 22.1. The number of aryl methyl sites for hydroxylation is 1. The molecule has 174 valence electrons. The third kappa shape index (κ3) is 7.85. The molecule has 1 saturated heterocycles. The van der Waals surface area contributed by atoms with E-state index in [1.807, 2.05) is 20.0 Å². The number of guanidine groups is 1. The number of piperidine rings is 1. The van der Waals surface area contributed by atoms with Crippen LogP contribution in [0.5, 0.6) is 5.75 Å². The standard InChI is InChI=1S/C23H32N6O2.HI/c1-3-24-23(26-13-12-25-22(31)18-5-7-20(30)8-6-18)28-19-10-14-29(15-11-19)21-9-4-17(2)16-27-21;/h4-9,16,19,30H,3,10-15H2,1-2H3,(H,25,31)(H2,24,26,28);1H. The molecule has 4 N–H and O–H groups in total. The number of carbonyl (C=O) groups is 1. The van der Waals surface area contributed by atoms with E-state index >= 15 is 0 Å². The van der Waals surface area contributed by atoms with Crippen LogP contribution in [0.15, 0.2) is 47.6 Å². The Morgan fingerprint density at radius 2 is 1.88 bits per heavy atom. The molecule has 0 atom stereocenters. The van der Waals surface area contributed by atoms with E-state index in [9.17, 15) is 9.90 Å². The van der Waals surface area contributed by atoms with Crippen molar-refractivity contribution < 1.29 is 9.90 Å². The van der Waals surface area contributed by atoms with E-state index in [0.29, 0.717) is 24.7 Å². The quantitative estimate of drug-likeness (QED) is 0.183. The number of benzene rings is 1. The second-order valence-corrected chi connectivity index (χ2v) is 7.66. The van der Waals surface area contributed by atoms with E-state index in [2.05, 4.69) is 43.0 Å². The molecule has 1 fully saturated rings. The number of phenolic OH excluding ortho intramolecular Hbond substituents is 1. The lowest BCUT2D eigenvalue weighted by Gasteiger charge is -2.33. The normalized spacial score (nSPS) is 14.4. The van der Waals surface area contributed by atoms with Crippen molar-refractivity contribution in [1.82, 2.24) is 20.9 Å². The van der Waals surface area contributed by atoms with Crippen molar-refractivity contribution in [3.63, 3.8) is 0 Å². The largest absolute Gasteiger partial charge is 0.508 e. The molecule has 9 heteroatoms. The highest BCUT2D eigenvalue weighted by Crippen LogP contribution is 2.18. The summed E-state index contributed by atoms with van der Waals surface area (Å²) in [5.74, 6) is 1.77. The number of aromatic nitrogens is 1. The predicted octanol–water partition coefficient (Wildman–Crippen LogP) is 2.67. The molecule has 1 aliphatic rings. The molecule has 1 aromatic carbocycles. The van der Waals surface area contributed by atoms with Crippen LogP contribution in [-0.4, -0.2) is 60.7 Å². The SMILES string of the molecule is CCNC(=NCCNC(=O)c1ccc(O)cc1)NC1CCN(c2ccc(C)cn2)CC1.I. The van der Waals surface area contributed by atoms with Crippen molar-refractivity contribution in [3.8, 4) is 5.75 Å². The molecule has 8 nitrogen and oxygen atoms in total. The van der Waals surface area contributed by atoms with Gasteiger partial charge in [0.1, 0.15) is 11.6 Å². The van der Waals surface area contributed by atoms with Crippen LogP contribution in [0, 0.1) is 6.92 Å². The minimum absolute atomic E-state index is 0. The van der Waals surface area contributed by atoms with E-state index in [4.69, 9.17) is 0 Å².